The van der Waals surface area contributed by atoms with Crippen molar-refractivity contribution < 1.29 is 4.79 Å². The third-order valence-corrected chi connectivity index (χ3v) is 8.05. The summed E-state index contributed by atoms with van der Waals surface area (Å²) >= 11 is 7.91. The SMILES string of the molecule is CC(C)N(c1ccccc1)c1ccc(NC(=O)CSc2nnc(-c3ccccc3Cl)n2C2CCCC2)cc1. The van der Waals surface area contributed by atoms with Crippen molar-refractivity contribution >= 4 is 46.3 Å². The minimum atomic E-state index is -0.0770. The van der Waals surface area contributed by atoms with E-state index >= 15 is 0 Å². The fraction of sp³-hybridized carbons (Fsp3) is 0.300. The lowest BCUT2D eigenvalue weighted by atomic mass is 10.2. The molecule has 1 aromatic heterocycles. The summed E-state index contributed by atoms with van der Waals surface area (Å²) in [6.45, 7) is 4.34. The number of thioether (sulfide) groups is 1. The molecule has 1 fully saturated rings. The zero-order chi connectivity index (χ0) is 26.5. The summed E-state index contributed by atoms with van der Waals surface area (Å²) in [5.74, 6) is 0.943. The number of hydrogen-bond donors (Lipinski definition) is 1. The van der Waals surface area contributed by atoms with Crippen LogP contribution in [0.4, 0.5) is 17.1 Å². The molecule has 0 aliphatic heterocycles. The molecule has 0 radical (unpaired) electrons. The number of rotatable bonds is 9. The molecule has 1 heterocycles. The highest BCUT2D eigenvalue weighted by Crippen LogP contribution is 2.38. The maximum absolute atomic E-state index is 12.9. The molecule has 0 spiro atoms. The lowest BCUT2D eigenvalue weighted by molar-refractivity contribution is -0.113. The molecule has 6 nitrogen and oxygen atoms in total. The second kappa shape index (κ2) is 12.0. The second-order valence-electron chi connectivity index (χ2n) is 9.78. The summed E-state index contributed by atoms with van der Waals surface area (Å²) in [7, 11) is 0. The van der Waals surface area contributed by atoms with E-state index in [1.807, 2.05) is 66.7 Å². The standard InChI is InChI=1S/C30H32ClN5OS/c1-21(2)35(23-10-4-3-5-11-23)25-18-16-22(17-19-25)32-28(37)20-38-30-34-33-29(26-14-8-9-15-27(26)31)36(30)24-12-6-7-13-24/h3-5,8-11,14-19,21,24H,6-7,12-13,20H2,1-2H3,(H,32,37). The highest BCUT2D eigenvalue weighted by Gasteiger charge is 2.26. The lowest BCUT2D eigenvalue weighted by Gasteiger charge is -2.29. The summed E-state index contributed by atoms with van der Waals surface area (Å²) in [5, 5.41) is 13.4. The molecule has 5 rings (SSSR count). The number of carbonyl (C=O) groups excluding carboxylic acids is 1. The molecular formula is C30H32ClN5OS. The molecule has 196 valence electrons. The number of aromatic nitrogens is 3. The fourth-order valence-electron chi connectivity index (χ4n) is 5.06. The van der Waals surface area contributed by atoms with Crippen molar-refractivity contribution in [1.82, 2.24) is 14.8 Å². The van der Waals surface area contributed by atoms with E-state index < -0.39 is 0 Å². The van der Waals surface area contributed by atoms with Crippen LogP contribution in [-0.2, 0) is 4.79 Å². The summed E-state index contributed by atoms with van der Waals surface area (Å²) < 4.78 is 2.19. The molecule has 1 amide bonds. The Hall–Kier alpha value is -3.29. The van der Waals surface area contributed by atoms with Gasteiger partial charge in [0.15, 0.2) is 11.0 Å². The molecule has 0 unspecified atom stereocenters. The van der Waals surface area contributed by atoms with Gasteiger partial charge < -0.3 is 10.2 Å². The van der Waals surface area contributed by atoms with Crippen molar-refractivity contribution in [2.75, 3.05) is 16.0 Å². The molecule has 0 bridgehead atoms. The average molecular weight is 546 g/mol. The maximum Gasteiger partial charge on any atom is 0.234 e. The molecule has 1 aliphatic carbocycles. The smallest absolute Gasteiger partial charge is 0.234 e. The Morgan fingerprint density at radius 1 is 0.974 bits per heavy atom. The Bertz CT molecular complexity index is 1370. The van der Waals surface area contributed by atoms with Gasteiger partial charge in [-0.05, 0) is 75.2 Å². The van der Waals surface area contributed by atoms with E-state index in [0.717, 1.165) is 46.4 Å². The van der Waals surface area contributed by atoms with Crippen LogP contribution >= 0.6 is 23.4 Å². The van der Waals surface area contributed by atoms with Crippen LogP contribution in [0.2, 0.25) is 5.02 Å². The molecule has 8 heteroatoms. The van der Waals surface area contributed by atoms with Crippen LogP contribution in [-0.4, -0.2) is 32.5 Å². The van der Waals surface area contributed by atoms with E-state index in [9.17, 15) is 4.79 Å². The Kier molecular flexibility index (Phi) is 8.35. The Labute approximate surface area is 233 Å². The first-order valence-corrected chi connectivity index (χ1v) is 14.4. The number of para-hydroxylation sites is 1. The average Bonchev–Trinajstić information content (AvgIpc) is 3.59. The Balaban J connectivity index is 1.27. The van der Waals surface area contributed by atoms with Crippen LogP contribution in [0.3, 0.4) is 0 Å². The van der Waals surface area contributed by atoms with Gasteiger partial charge in [0.1, 0.15) is 0 Å². The van der Waals surface area contributed by atoms with Crippen molar-refractivity contribution in [2.24, 2.45) is 0 Å². The largest absolute Gasteiger partial charge is 0.339 e. The fourth-order valence-corrected chi connectivity index (χ4v) is 6.09. The first kappa shape index (κ1) is 26.3. The van der Waals surface area contributed by atoms with Crippen LogP contribution in [0.15, 0.2) is 84.0 Å². The van der Waals surface area contributed by atoms with E-state index in [1.165, 1.54) is 24.6 Å². The Morgan fingerprint density at radius 3 is 2.32 bits per heavy atom. The Morgan fingerprint density at radius 2 is 1.63 bits per heavy atom. The summed E-state index contributed by atoms with van der Waals surface area (Å²) in [6.07, 6.45) is 4.53. The van der Waals surface area contributed by atoms with Crippen molar-refractivity contribution in [3.63, 3.8) is 0 Å². The molecule has 38 heavy (non-hydrogen) atoms. The van der Waals surface area contributed by atoms with Crippen LogP contribution in [0.5, 0.6) is 0 Å². The van der Waals surface area contributed by atoms with Crippen LogP contribution in [0.25, 0.3) is 11.4 Å². The summed E-state index contributed by atoms with van der Waals surface area (Å²) in [4.78, 5) is 15.1. The van der Waals surface area contributed by atoms with E-state index in [4.69, 9.17) is 11.6 Å². The van der Waals surface area contributed by atoms with E-state index in [2.05, 4.69) is 51.0 Å². The van der Waals surface area contributed by atoms with Crippen molar-refractivity contribution in [1.29, 1.82) is 0 Å². The van der Waals surface area contributed by atoms with Gasteiger partial charge in [-0.1, -0.05) is 66.5 Å². The topological polar surface area (TPSA) is 63.1 Å². The highest BCUT2D eigenvalue weighted by atomic mass is 35.5. The second-order valence-corrected chi connectivity index (χ2v) is 11.1. The summed E-state index contributed by atoms with van der Waals surface area (Å²) in [5.41, 5.74) is 3.86. The molecule has 3 aromatic carbocycles. The van der Waals surface area contributed by atoms with Crippen LogP contribution in [0.1, 0.15) is 45.6 Å². The van der Waals surface area contributed by atoms with Gasteiger partial charge in [-0.15, -0.1) is 10.2 Å². The van der Waals surface area contributed by atoms with Crippen LogP contribution < -0.4 is 10.2 Å². The monoisotopic (exact) mass is 545 g/mol. The highest BCUT2D eigenvalue weighted by molar-refractivity contribution is 7.99. The molecule has 1 saturated carbocycles. The van der Waals surface area contributed by atoms with Gasteiger partial charge in [0, 0.05) is 34.7 Å². The van der Waals surface area contributed by atoms with E-state index in [0.29, 0.717) is 17.1 Å². The number of anilines is 3. The van der Waals surface area contributed by atoms with Gasteiger partial charge >= 0.3 is 0 Å². The van der Waals surface area contributed by atoms with Gasteiger partial charge in [-0.3, -0.25) is 9.36 Å². The molecule has 0 saturated heterocycles. The van der Waals surface area contributed by atoms with Gasteiger partial charge in [-0.25, -0.2) is 0 Å². The number of nitrogens with one attached hydrogen (secondary N) is 1. The number of carbonyl (C=O) groups is 1. The summed E-state index contributed by atoms with van der Waals surface area (Å²) in [6, 6.07) is 26.6. The third kappa shape index (κ3) is 5.89. The molecule has 0 atom stereocenters. The number of nitrogens with zero attached hydrogens (tertiary/aromatic N) is 4. The first-order valence-electron chi connectivity index (χ1n) is 13.1. The minimum Gasteiger partial charge on any atom is -0.339 e. The van der Waals surface area contributed by atoms with Crippen molar-refractivity contribution in [3.8, 4) is 11.4 Å². The predicted octanol–water partition coefficient (Wildman–Crippen LogP) is 7.99. The van der Waals surface area contributed by atoms with Crippen LogP contribution in [0, 0.1) is 0 Å². The number of amides is 1. The van der Waals surface area contributed by atoms with Gasteiger partial charge in [0.05, 0.1) is 10.8 Å². The zero-order valence-corrected chi connectivity index (χ0v) is 23.3. The quantitative estimate of drug-likeness (QED) is 0.216. The van der Waals surface area contributed by atoms with E-state index in [-0.39, 0.29) is 11.7 Å². The number of hydrogen-bond acceptors (Lipinski definition) is 5. The van der Waals surface area contributed by atoms with Gasteiger partial charge in [0.25, 0.3) is 0 Å². The third-order valence-electron chi connectivity index (χ3n) is 6.78. The van der Waals surface area contributed by atoms with Gasteiger partial charge in [-0.2, -0.15) is 0 Å². The first-order chi connectivity index (χ1) is 18.5. The van der Waals surface area contributed by atoms with Gasteiger partial charge in [0.2, 0.25) is 5.91 Å². The van der Waals surface area contributed by atoms with Crippen molar-refractivity contribution in [2.45, 2.75) is 56.8 Å². The molecule has 1 aliphatic rings. The lowest BCUT2D eigenvalue weighted by Crippen LogP contribution is -2.25. The van der Waals surface area contributed by atoms with E-state index in [1.54, 1.807) is 0 Å². The van der Waals surface area contributed by atoms with Crippen molar-refractivity contribution in [3.05, 3.63) is 83.9 Å². The number of halogens is 1. The zero-order valence-electron chi connectivity index (χ0n) is 21.7. The number of benzene rings is 3. The maximum atomic E-state index is 12.9. The normalized spacial score (nSPS) is 13.7. The molecule has 1 N–H and O–H groups in total. The molecular weight excluding hydrogens is 514 g/mol. The minimum absolute atomic E-state index is 0.0770. The predicted molar refractivity (Wildman–Crippen MR) is 157 cm³/mol. The molecule has 4 aromatic rings.